The smallest absolute Gasteiger partial charge is 0.191 e. The summed E-state index contributed by atoms with van der Waals surface area (Å²) in [5, 5.41) is 17.3. The van der Waals surface area contributed by atoms with Gasteiger partial charge in [0, 0.05) is 10.0 Å². The molecule has 0 radical (unpaired) electrons. The van der Waals surface area contributed by atoms with Crippen LogP contribution in [0, 0.1) is 0 Å². The molecule has 0 atom stereocenters. The molecule has 0 aliphatic carbocycles. The predicted molar refractivity (Wildman–Crippen MR) is 102 cm³/mol. The van der Waals surface area contributed by atoms with Gasteiger partial charge in [-0.2, -0.15) is 5.10 Å². The highest BCUT2D eigenvalue weighted by atomic mass is 79.9. The molecule has 2 rings (SSSR count). The molecule has 0 aliphatic rings. The highest BCUT2D eigenvalue weighted by Crippen LogP contribution is 2.32. The van der Waals surface area contributed by atoms with Crippen molar-refractivity contribution in [1.82, 2.24) is 5.43 Å². The van der Waals surface area contributed by atoms with E-state index >= 15 is 0 Å². The third kappa shape index (κ3) is 4.59. The second kappa shape index (κ2) is 8.51. The van der Waals surface area contributed by atoms with Crippen LogP contribution < -0.4 is 20.2 Å². The van der Waals surface area contributed by atoms with E-state index in [0.29, 0.717) is 17.1 Å². The lowest BCUT2D eigenvalue weighted by Gasteiger charge is -2.11. The molecule has 0 aromatic heterocycles. The van der Waals surface area contributed by atoms with Crippen LogP contribution in [0.2, 0.25) is 0 Å². The number of methoxy groups -OCH3 is 2. The average Bonchev–Trinajstić information content (AvgIpc) is 2.58. The minimum atomic E-state index is -0.00476. The molecule has 0 amide bonds. The summed E-state index contributed by atoms with van der Waals surface area (Å²) in [6.45, 7) is 0. The van der Waals surface area contributed by atoms with Gasteiger partial charge in [0.15, 0.2) is 16.6 Å². The minimum Gasteiger partial charge on any atom is -0.504 e. The molecule has 0 fully saturated rings. The van der Waals surface area contributed by atoms with Crippen LogP contribution in [0.15, 0.2) is 46.0 Å². The summed E-state index contributed by atoms with van der Waals surface area (Å²) in [5.74, 6) is 1.01. The summed E-state index contributed by atoms with van der Waals surface area (Å²) in [6.07, 6.45) is 1.44. The molecule has 2 aromatic carbocycles. The van der Waals surface area contributed by atoms with Crippen molar-refractivity contribution in [3.05, 3.63) is 46.4 Å². The van der Waals surface area contributed by atoms with E-state index in [4.69, 9.17) is 21.7 Å². The number of nitrogens with zero attached hydrogens (tertiary/aromatic N) is 1. The van der Waals surface area contributed by atoms with E-state index in [1.807, 2.05) is 24.3 Å². The lowest BCUT2D eigenvalue weighted by atomic mass is 10.2. The number of phenolic OH excluding ortho intramolecular Hbond substituents is 1. The van der Waals surface area contributed by atoms with Gasteiger partial charge in [-0.25, -0.2) is 0 Å². The molecule has 0 saturated heterocycles. The van der Waals surface area contributed by atoms with Gasteiger partial charge in [0.2, 0.25) is 0 Å². The molecule has 0 spiro atoms. The van der Waals surface area contributed by atoms with Gasteiger partial charge in [-0.3, -0.25) is 5.43 Å². The summed E-state index contributed by atoms with van der Waals surface area (Å²) in [6, 6.07) is 10.7. The number of para-hydroxylation sites is 2. The fourth-order valence-corrected chi connectivity index (χ4v) is 2.52. The lowest BCUT2D eigenvalue weighted by Crippen LogP contribution is -2.24. The Bertz CT molecular complexity index is 768. The van der Waals surface area contributed by atoms with Crippen molar-refractivity contribution < 1.29 is 14.6 Å². The number of hydrazone groups is 1. The van der Waals surface area contributed by atoms with E-state index in [-0.39, 0.29) is 10.9 Å². The zero-order valence-electron chi connectivity index (χ0n) is 13.0. The van der Waals surface area contributed by atoms with Crippen LogP contribution >= 0.6 is 28.1 Å². The Balaban J connectivity index is 2.04. The van der Waals surface area contributed by atoms with Crippen molar-refractivity contribution in [3.8, 4) is 17.2 Å². The first-order valence-electron chi connectivity index (χ1n) is 6.84. The topological polar surface area (TPSA) is 75.1 Å². The van der Waals surface area contributed by atoms with Crippen molar-refractivity contribution in [2.75, 3.05) is 19.5 Å². The molecule has 0 aliphatic heterocycles. The Morgan fingerprint density at radius 3 is 2.62 bits per heavy atom. The highest BCUT2D eigenvalue weighted by Gasteiger charge is 2.08. The number of benzene rings is 2. The molecule has 2 aromatic rings. The fraction of sp³-hybridized carbons (Fsp3) is 0.125. The molecule has 8 heteroatoms. The van der Waals surface area contributed by atoms with Crippen LogP contribution in [0.25, 0.3) is 0 Å². The van der Waals surface area contributed by atoms with Gasteiger partial charge in [-0.1, -0.05) is 28.1 Å². The first-order chi connectivity index (χ1) is 11.5. The maximum atomic E-state index is 10.1. The highest BCUT2D eigenvalue weighted by molar-refractivity contribution is 9.10. The molecular weight excluding hydrogens is 394 g/mol. The van der Waals surface area contributed by atoms with Crippen molar-refractivity contribution in [2.45, 2.75) is 0 Å². The summed E-state index contributed by atoms with van der Waals surface area (Å²) in [4.78, 5) is 0. The number of halogens is 1. The Morgan fingerprint density at radius 2 is 1.92 bits per heavy atom. The quantitative estimate of drug-likeness (QED) is 0.398. The van der Waals surface area contributed by atoms with Gasteiger partial charge in [-0.15, -0.1) is 0 Å². The van der Waals surface area contributed by atoms with Gasteiger partial charge in [0.25, 0.3) is 0 Å². The van der Waals surface area contributed by atoms with Crippen LogP contribution in [0.5, 0.6) is 17.2 Å². The summed E-state index contributed by atoms with van der Waals surface area (Å²) in [5.41, 5.74) is 3.88. The second-order valence-electron chi connectivity index (χ2n) is 4.57. The Morgan fingerprint density at radius 1 is 1.21 bits per heavy atom. The number of hydrogen-bond donors (Lipinski definition) is 3. The minimum absolute atomic E-state index is 0.00476. The number of hydrogen-bond acceptors (Lipinski definition) is 5. The number of anilines is 1. The molecule has 0 bridgehead atoms. The van der Waals surface area contributed by atoms with Crippen LogP contribution in [-0.2, 0) is 0 Å². The number of nitrogens with one attached hydrogen (secondary N) is 2. The third-order valence-electron chi connectivity index (χ3n) is 3.01. The molecule has 3 N–H and O–H groups in total. The molecule has 0 unspecified atom stereocenters. The molecule has 6 nitrogen and oxygen atoms in total. The number of thiocarbonyl (C=S) groups is 1. The molecule has 0 heterocycles. The monoisotopic (exact) mass is 409 g/mol. The van der Waals surface area contributed by atoms with Gasteiger partial charge in [-0.05, 0) is 36.5 Å². The maximum absolute atomic E-state index is 10.1. The number of aromatic hydroxyl groups is 1. The number of phenols is 1. The second-order valence-corrected chi connectivity index (χ2v) is 5.89. The van der Waals surface area contributed by atoms with Gasteiger partial charge in [0.05, 0.1) is 26.1 Å². The van der Waals surface area contributed by atoms with Gasteiger partial charge in [0.1, 0.15) is 5.75 Å². The first kappa shape index (κ1) is 18.0. The van der Waals surface area contributed by atoms with E-state index in [1.165, 1.54) is 13.3 Å². The van der Waals surface area contributed by atoms with Crippen LogP contribution in [0.1, 0.15) is 5.56 Å². The summed E-state index contributed by atoms with van der Waals surface area (Å²) >= 11 is 8.52. The Hall–Kier alpha value is -2.32. The van der Waals surface area contributed by atoms with Crippen LogP contribution in [0.4, 0.5) is 5.69 Å². The number of rotatable bonds is 5. The van der Waals surface area contributed by atoms with Crippen LogP contribution in [-0.4, -0.2) is 30.7 Å². The van der Waals surface area contributed by atoms with Crippen molar-refractivity contribution in [2.24, 2.45) is 5.10 Å². The zero-order chi connectivity index (χ0) is 17.5. The molecule has 24 heavy (non-hydrogen) atoms. The Kier molecular flexibility index (Phi) is 6.39. The first-order valence-corrected chi connectivity index (χ1v) is 8.05. The standard InChI is InChI=1S/C16H16BrN3O3S/c1-22-13-6-4-3-5-12(13)19-16(24)20-18-9-10-7-11(17)8-14(23-2)15(10)21/h3-9,21H,1-2H3,(H2,19,20,24)/b18-9+. The zero-order valence-corrected chi connectivity index (χ0v) is 15.4. The molecule has 0 saturated carbocycles. The SMILES string of the molecule is COc1ccccc1NC(=S)N/N=C/c1cc(Br)cc(OC)c1O. The summed E-state index contributed by atoms with van der Waals surface area (Å²) in [7, 11) is 3.06. The number of ether oxygens (including phenoxy) is 2. The van der Waals surface area contributed by atoms with Gasteiger partial charge >= 0.3 is 0 Å². The average molecular weight is 410 g/mol. The van der Waals surface area contributed by atoms with Gasteiger partial charge < -0.3 is 19.9 Å². The Labute approximate surface area is 153 Å². The normalized spacial score (nSPS) is 10.5. The predicted octanol–water partition coefficient (Wildman–Crippen LogP) is 3.49. The van der Waals surface area contributed by atoms with E-state index < -0.39 is 0 Å². The van der Waals surface area contributed by atoms with E-state index in [0.717, 1.165) is 10.2 Å². The lowest BCUT2D eigenvalue weighted by molar-refractivity contribution is 0.373. The van der Waals surface area contributed by atoms with Crippen molar-refractivity contribution >= 4 is 45.2 Å². The molecule has 126 valence electrons. The van der Waals surface area contributed by atoms with Crippen molar-refractivity contribution in [1.29, 1.82) is 0 Å². The maximum Gasteiger partial charge on any atom is 0.191 e. The fourth-order valence-electron chi connectivity index (χ4n) is 1.91. The van der Waals surface area contributed by atoms with E-state index in [2.05, 4.69) is 31.8 Å². The molecular formula is C16H16BrN3O3S. The van der Waals surface area contributed by atoms with Crippen molar-refractivity contribution in [3.63, 3.8) is 0 Å². The summed E-state index contributed by atoms with van der Waals surface area (Å²) < 4.78 is 11.1. The van der Waals surface area contributed by atoms with E-state index in [1.54, 1.807) is 19.2 Å². The largest absolute Gasteiger partial charge is 0.504 e. The third-order valence-corrected chi connectivity index (χ3v) is 3.67. The van der Waals surface area contributed by atoms with E-state index in [9.17, 15) is 5.11 Å². The van der Waals surface area contributed by atoms with Crippen LogP contribution in [0.3, 0.4) is 0 Å².